The third-order valence-electron chi connectivity index (χ3n) is 2.19. The highest BCUT2D eigenvalue weighted by atomic mass is 16.6. The van der Waals surface area contributed by atoms with Crippen LogP contribution in [0.2, 0.25) is 0 Å². The number of rotatable bonds is 4. The first-order valence-corrected chi connectivity index (χ1v) is 4.47. The number of nitrogens with zero attached hydrogens (tertiary/aromatic N) is 1. The fraction of sp³-hybridized carbons (Fsp3) is 1.00. The highest BCUT2D eigenvalue weighted by molar-refractivity contribution is 4.63. The van der Waals surface area contributed by atoms with Gasteiger partial charge in [0, 0.05) is 6.54 Å². The van der Waals surface area contributed by atoms with E-state index in [4.69, 9.17) is 5.90 Å². The van der Waals surface area contributed by atoms with Crippen LogP contribution >= 0.6 is 0 Å². The van der Waals surface area contributed by atoms with Gasteiger partial charge in [0.15, 0.2) is 0 Å². The van der Waals surface area contributed by atoms with Crippen molar-refractivity contribution in [1.29, 1.82) is 0 Å². The molecule has 0 atom stereocenters. The molecule has 0 spiro atoms. The molecule has 0 aromatic heterocycles. The van der Waals surface area contributed by atoms with Gasteiger partial charge >= 0.3 is 0 Å². The molecular formula is C8H18N2O. The van der Waals surface area contributed by atoms with Gasteiger partial charge in [0.2, 0.25) is 0 Å². The Hall–Kier alpha value is -0.120. The smallest absolute Gasteiger partial charge is 0.0691 e. The van der Waals surface area contributed by atoms with Crippen LogP contribution in [-0.4, -0.2) is 31.1 Å². The van der Waals surface area contributed by atoms with Crippen LogP contribution in [-0.2, 0) is 4.84 Å². The summed E-state index contributed by atoms with van der Waals surface area (Å²) in [5.41, 5.74) is 0. The van der Waals surface area contributed by atoms with Gasteiger partial charge in [0.25, 0.3) is 0 Å². The second-order valence-electron chi connectivity index (χ2n) is 3.13. The molecule has 0 bridgehead atoms. The summed E-state index contributed by atoms with van der Waals surface area (Å²) in [6, 6.07) is 0. The van der Waals surface area contributed by atoms with Crippen molar-refractivity contribution < 1.29 is 4.84 Å². The lowest BCUT2D eigenvalue weighted by molar-refractivity contribution is 0.119. The SMILES string of the molecule is NOCCCN1CCCCC1. The molecule has 3 heteroatoms. The maximum Gasteiger partial charge on any atom is 0.0691 e. The maximum absolute atomic E-state index is 4.93. The van der Waals surface area contributed by atoms with Gasteiger partial charge in [-0.2, -0.15) is 0 Å². The van der Waals surface area contributed by atoms with E-state index in [1.165, 1.54) is 32.4 Å². The van der Waals surface area contributed by atoms with E-state index >= 15 is 0 Å². The fourth-order valence-electron chi connectivity index (χ4n) is 1.55. The van der Waals surface area contributed by atoms with Crippen molar-refractivity contribution in [2.45, 2.75) is 25.7 Å². The standard InChI is InChI=1S/C8H18N2O/c9-11-8-4-7-10-5-2-1-3-6-10/h1-9H2. The topological polar surface area (TPSA) is 38.5 Å². The van der Waals surface area contributed by atoms with Gasteiger partial charge in [-0.3, -0.25) is 0 Å². The van der Waals surface area contributed by atoms with Crippen LogP contribution in [0.3, 0.4) is 0 Å². The van der Waals surface area contributed by atoms with E-state index in [1.54, 1.807) is 0 Å². The highest BCUT2D eigenvalue weighted by Gasteiger charge is 2.08. The van der Waals surface area contributed by atoms with E-state index in [1.807, 2.05) is 0 Å². The minimum absolute atomic E-state index is 0.691. The Balaban J connectivity index is 1.96. The Morgan fingerprint density at radius 3 is 2.55 bits per heavy atom. The van der Waals surface area contributed by atoms with Crippen LogP contribution < -0.4 is 5.90 Å². The van der Waals surface area contributed by atoms with Crippen molar-refractivity contribution in [1.82, 2.24) is 4.90 Å². The van der Waals surface area contributed by atoms with Gasteiger partial charge in [-0.05, 0) is 32.4 Å². The molecule has 1 aliphatic rings. The summed E-state index contributed by atoms with van der Waals surface area (Å²) < 4.78 is 0. The van der Waals surface area contributed by atoms with E-state index in [2.05, 4.69) is 9.74 Å². The zero-order valence-corrected chi connectivity index (χ0v) is 7.09. The molecule has 0 aromatic rings. The van der Waals surface area contributed by atoms with E-state index in [0.717, 1.165) is 13.0 Å². The van der Waals surface area contributed by atoms with Crippen molar-refractivity contribution in [2.75, 3.05) is 26.2 Å². The molecular weight excluding hydrogens is 140 g/mol. The molecule has 11 heavy (non-hydrogen) atoms. The molecule has 2 N–H and O–H groups in total. The number of nitrogens with two attached hydrogens (primary N) is 1. The van der Waals surface area contributed by atoms with Crippen LogP contribution in [0, 0.1) is 0 Å². The van der Waals surface area contributed by atoms with Crippen LogP contribution in [0.4, 0.5) is 0 Å². The Kier molecular flexibility index (Phi) is 4.50. The van der Waals surface area contributed by atoms with Crippen LogP contribution in [0.25, 0.3) is 0 Å². The predicted molar refractivity (Wildman–Crippen MR) is 45.0 cm³/mol. The normalized spacial score (nSPS) is 20.5. The predicted octanol–water partition coefficient (Wildman–Crippen LogP) is 0.753. The van der Waals surface area contributed by atoms with E-state index in [0.29, 0.717) is 6.61 Å². The van der Waals surface area contributed by atoms with Crippen molar-refractivity contribution in [2.24, 2.45) is 5.90 Å². The largest absolute Gasteiger partial charge is 0.305 e. The molecule has 0 radical (unpaired) electrons. The van der Waals surface area contributed by atoms with Gasteiger partial charge in [-0.1, -0.05) is 6.42 Å². The number of hydrogen-bond acceptors (Lipinski definition) is 3. The second-order valence-corrected chi connectivity index (χ2v) is 3.13. The summed E-state index contributed by atoms with van der Waals surface area (Å²) >= 11 is 0. The highest BCUT2D eigenvalue weighted by Crippen LogP contribution is 2.08. The lowest BCUT2D eigenvalue weighted by atomic mass is 10.1. The lowest BCUT2D eigenvalue weighted by Gasteiger charge is -2.25. The number of piperidine rings is 1. The Bertz CT molecular complexity index is 92.1. The summed E-state index contributed by atoms with van der Waals surface area (Å²) in [5, 5.41) is 0. The molecule has 1 fully saturated rings. The van der Waals surface area contributed by atoms with Crippen molar-refractivity contribution in [3.8, 4) is 0 Å². The summed E-state index contributed by atoms with van der Waals surface area (Å²) in [7, 11) is 0. The molecule has 0 aromatic carbocycles. The van der Waals surface area contributed by atoms with Gasteiger partial charge in [-0.15, -0.1) is 0 Å². The van der Waals surface area contributed by atoms with E-state index in [9.17, 15) is 0 Å². The molecule has 1 saturated heterocycles. The summed E-state index contributed by atoms with van der Waals surface area (Å²) in [4.78, 5) is 6.99. The molecule has 0 saturated carbocycles. The minimum Gasteiger partial charge on any atom is -0.305 e. The summed E-state index contributed by atoms with van der Waals surface area (Å²) in [6.07, 6.45) is 5.20. The number of hydrogen-bond donors (Lipinski definition) is 1. The van der Waals surface area contributed by atoms with Crippen LogP contribution in [0.5, 0.6) is 0 Å². The number of likely N-dealkylation sites (tertiary alicyclic amines) is 1. The van der Waals surface area contributed by atoms with Gasteiger partial charge in [0.1, 0.15) is 0 Å². The first-order valence-electron chi connectivity index (χ1n) is 4.47. The minimum atomic E-state index is 0.691. The van der Waals surface area contributed by atoms with Gasteiger partial charge in [0.05, 0.1) is 6.61 Å². The summed E-state index contributed by atoms with van der Waals surface area (Å²) in [5.74, 6) is 4.93. The first kappa shape index (κ1) is 8.97. The van der Waals surface area contributed by atoms with Crippen molar-refractivity contribution in [3.63, 3.8) is 0 Å². The van der Waals surface area contributed by atoms with Crippen molar-refractivity contribution in [3.05, 3.63) is 0 Å². The molecule has 1 aliphatic heterocycles. The molecule has 66 valence electrons. The van der Waals surface area contributed by atoms with Gasteiger partial charge in [-0.25, -0.2) is 5.90 Å². The summed E-state index contributed by atoms with van der Waals surface area (Å²) in [6.45, 7) is 4.38. The van der Waals surface area contributed by atoms with E-state index < -0.39 is 0 Å². The molecule has 0 unspecified atom stereocenters. The van der Waals surface area contributed by atoms with Crippen LogP contribution in [0.1, 0.15) is 25.7 Å². The average molecular weight is 158 g/mol. The molecule has 1 heterocycles. The van der Waals surface area contributed by atoms with Crippen LogP contribution in [0.15, 0.2) is 0 Å². The Morgan fingerprint density at radius 2 is 1.91 bits per heavy atom. The maximum atomic E-state index is 4.93. The van der Waals surface area contributed by atoms with Crippen molar-refractivity contribution >= 4 is 0 Å². The molecule has 3 nitrogen and oxygen atoms in total. The zero-order valence-electron chi connectivity index (χ0n) is 7.09. The Labute approximate surface area is 68.5 Å². The molecule has 1 rings (SSSR count). The average Bonchev–Trinajstić information content (AvgIpc) is 2.07. The zero-order chi connectivity index (χ0) is 7.94. The molecule has 0 amide bonds. The molecule has 0 aliphatic carbocycles. The first-order chi connectivity index (χ1) is 5.43. The third-order valence-corrected chi connectivity index (χ3v) is 2.19. The van der Waals surface area contributed by atoms with E-state index in [-0.39, 0.29) is 0 Å². The lowest BCUT2D eigenvalue weighted by Crippen LogP contribution is -2.31. The quantitative estimate of drug-likeness (QED) is 0.485. The Morgan fingerprint density at radius 1 is 1.18 bits per heavy atom. The monoisotopic (exact) mass is 158 g/mol. The second kappa shape index (κ2) is 5.52. The van der Waals surface area contributed by atoms with Gasteiger partial charge < -0.3 is 9.74 Å². The third kappa shape index (κ3) is 3.70. The fourth-order valence-corrected chi connectivity index (χ4v) is 1.55.